The van der Waals surface area contributed by atoms with Gasteiger partial charge in [-0.1, -0.05) is 19.8 Å². The highest BCUT2D eigenvalue weighted by Crippen LogP contribution is 2.25. The van der Waals surface area contributed by atoms with E-state index >= 15 is 0 Å². The fourth-order valence-electron chi connectivity index (χ4n) is 3.12. The first-order chi connectivity index (χ1) is 11.1. The molecule has 0 radical (unpaired) electrons. The molecule has 0 aliphatic heterocycles. The van der Waals surface area contributed by atoms with E-state index in [1.807, 2.05) is 36.1 Å². The van der Waals surface area contributed by atoms with Crippen LogP contribution in [0.25, 0.3) is 10.2 Å². The second kappa shape index (κ2) is 6.74. The van der Waals surface area contributed by atoms with Crippen molar-refractivity contribution in [2.45, 2.75) is 51.2 Å². The van der Waals surface area contributed by atoms with Gasteiger partial charge >= 0.3 is 5.97 Å². The van der Waals surface area contributed by atoms with Crippen molar-refractivity contribution in [1.82, 2.24) is 9.88 Å². The van der Waals surface area contributed by atoms with Gasteiger partial charge in [0.2, 0.25) is 0 Å². The van der Waals surface area contributed by atoms with Gasteiger partial charge in [-0.05, 0) is 36.8 Å². The highest BCUT2D eigenvalue weighted by Gasteiger charge is 2.26. The molecule has 5 nitrogen and oxygen atoms in total. The average Bonchev–Trinajstić information content (AvgIpc) is 3.24. The first-order valence-electron chi connectivity index (χ1n) is 8.14. The number of esters is 1. The zero-order valence-electron chi connectivity index (χ0n) is 13.5. The van der Waals surface area contributed by atoms with E-state index in [1.165, 1.54) is 0 Å². The summed E-state index contributed by atoms with van der Waals surface area (Å²) in [5, 5.41) is 4.99. The number of ether oxygens (including phenoxy) is 1. The zero-order valence-corrected chi connectivity index (χ0v) is 14.3. The molecule has 1 saturated carbocycles. The highest BCUT2D eigenvalue weighted by atomic mass is 32.1. The molecule has 1 fully saturated rings. The summed E-state index contributed by atoms with van der Waals surface area (Å²) in [5.74, 6) is -0.618. The third-order valence-corrected chi connectivity index (χ3v) is 5.34. The van der Waals surface area contributed by atoms with Crippen molar-refractivity contribution in [2.24, 2.45) is 7.05 Å². The number of hydrogen-bond acceptors (Lipinski definition) is 4. The summed E-state index contributed by atoms with van der Waals surface area (Å²) in [6.07, 6.45) is 4.09. The first-order valence-corrected chi connectivity index (χ1v) is 9.02. The molecule has 0 bridgehead atoms. The molecule has 2 aromatic heterocycles. The maximum atomic E-state index is 12.4. The SMILES string of the molecule is CC[C@H](OC(=O)c1cc2sccc2n1C)C(=O)NC1CCCC1. The number of nitrogens with zero attached hydrogens (tertiary/aromatic N) is 1. The van der Waals surface area contributed by atoms with Crippen LogP contribution in [0.1, 0.15) is 49.5 Å². The van der Waals surface area contributed by atoms with Gasteiger partial charge in [0.25, 0.3) is 5.91 Å². The molecule has 1 aliphatic rings. The fraction of sp³-hybridized carbons (Fsp3) is 0.529. The van der Waals surface area contributed by atoms with Gasteiger partial charge in [-0.3, -0.25) is 4.79 Å². The summed E-state index contributed by atoms with van der Waals surface area (Å²) in [6.45, 7) is 1.86. The smallest absolute Gasteiger partial charge is 0.355 e. The minimum atomic E-state index is -0.726. The van der Waals surface area contributed by atoms with E-state index in [4.69, 9.17) is 4.74 Å². The van der Waals surface area contributed by atoms with Crippen molar-refractivity contribution in [3.8, 4) is 0 Å². The lowest BCUT2D eigenvalue weighted by Gasteiger charge is -2.19. The van der Waals surface area contributed by atoms with Gasteiger partial charge in [-0.15, -0.1) is 11.3 Å². The van der Waals surface area contributed by atoms with Crippen LogP contribution in [0.3, 0.4) is 0 Å². The molecule has 124 valence electrons. The van der Waals surface area contributed by atoms with Crippen molar-refractivity contribution >= 4 is 33.4 Å². The number of aryl methyl sites for hydroxylation is 1. The van der Waals surface area contributed by atoms with Gasteiger partial charge < -0.3 is 14.6 Å². The average molecular weight is 334 g/mol. The van der Waals surface area contributed by atoms with Crippen LogP contribution in [0, 0.1) is 0 Å². The van der Waals surface area contributed by atoms with Crippen molar-refractivity contribution in [2.75, 3.05) is 0 Å². The maximum absolute atomic E-state index is 12.4. The second-order valence-electron chi connectivity index (χ2n) is 6.05. The van der Waals surface area contributed by atoms with Gasteiger partial charge in [0.15, 0.2) is 6.10 Å². The molecule has 1 aliphatic carbocycles. The third kappa shape index (κ3) is 3.27. The van der Waals surface area contributed by atoms with Crippen molar-refractivity contribution < 1.29 is 14.3 Å². The standard InChI is InChI=1S/C17H22N2O3S/c1-3-14(16(20)18-11-6-4-5-7-11)22-17(21)13-10-15-12(19(13)2)8-9-23-15/h8-11,14H,3-7H2,1-2H3,(H,18,20)/t14-/m0/s1. The van der Waals surface area contributed by atoms with Crippen molar-refractivity contribution in [3.63, 3.8) is 0 Å². The topological polar surface area (TPSA) is 60.3 Å². The van der Waals surface area contributed by atoms with Crippen LogP contribution in [0.15, 0.2) is 17.5 Å². The molecule has 0 spiro atoms. The molecule has 1 amide bonds. The van der Waals surface area contributed by atoms with Crippen molar-refractivity contribution in [3.05, 3.63) is 23.2 Å². The monoisotopic (exact) mass is 334 g/mol. The summed E-state index contributed by atoms with van der Waals surface area (Å²) < 4.78 is 8.33. The Labute approximate surface area is 139 Å². The van der Waals surface area contributed by atoms with Gasteiger partial charge in [-0.2, -0.15) is 0 Å². The predicted molar refractivity (Wildman–Crippen MR) is 90.7 cm³/mol. The Morgan fingerprint density at radius 1 is 1.43 bits per heavy atom. The number of hydrogen-bond donors (Lipinski definition) is 1. The highest BCUT2D eigenvalue weighted by molar-refractivity contribution is 7.17. The van der Waals surface area contributed by atoms with Crippen LogP contribution >= 0.6 is 11.3 Å². The molecule has 6 heteroatoms. The van der Waals surface area contributed by atoms with Gasteiger partial charge in [0.05, 0.1) is 10.2 Å². The Balaban J connectivity index is 1.67. The number of aromatic nitrogens is 1. The molecule has 2 heterocycles. The van der Waals surface area contributed by atoms with Crippen LogP contribution in [0.2, 0.25) is 0 Å². The summed E-state index contributed by atoms with van der Waals surface area (Å²) in [4.78, 5) is 24.7. The van der Waals surface area contributed by atoms with Crippen LogP contribution in [0.4, 0.5) is 0 Å². The Morgan fingerprint density at radius 2 is 2.17 bits per heavy atom. The molecule has 3 rings (SSSR count). The Hall–Kier alpha value is -1.82. The zero-order chi connectivity index (χ0) is 16.4. The third-order valence-electron chi connectivity index (χ3n) is 4.49. The Morgan fingerprint density at radius 3 is 2.83 bits per heavy atom. The van der Waals surface area contributed by atoms with E-state index in [1.54, 1.807) is 11.3 Å². The van der Waals surface area contributed by atoms with E-state index in [9.17, 15) is 9.59 Å². The first kappa shape index (κ1) is 16.1. The summed E-state index contributed by atoms with van der Waals surface area (Å²) >= 11 is 1.58. The summed E-state index contributed by atoms with van der Waals surface area (Å²) in [6, 6.07) is 4.03. The minimum Gasteiger partial charge on any atom is -0.448 e. The molecule has 0 aromatic carbocycles. The maximum Gasteiger partial charge on any atom is 0.355 e. The number of fused-ring (bicyclic) bond motifs is 1. The van der Waals surface area contributed by atoms with E-state index < -0.39 is 12.1 Å². The molecule has 2 aromatic rings. The van der Waals surface area contributed by atoms with Gasteiger partial charge in [0.1, 0.15) is 5.69 Å². The fourth-order valence-corrected chi connectivity index (χ4v) is 3.97. The number of carbonyl (C=O) groups excluding carboxylic acids is 2. The number of carbonyl (C=O) groups is 2. The van der Waals surface area contributed by atoms with Crippen LogP contribution in [0.5, 0.6) is 0 Å². The lowest BCUT2D eigenvalue weighted by atomic mass is 10.2. The van der Waals surface area contributed by atoms with E-state index in [0.717, 1.165) is 35.9 Å². The normalized spacial score (nSPS) is 16.6. The van der Waals surface area contributed by atoms with Crippen LogP contribution in [-0.2, 0) is 16.6 Å². The van der Waals surface area contributed by atoms with E-state index in [-0.39, 0.29) is 11.9 Å². The quantitative estimate of drug-likeness (QED) is 0.854. The summed E-state index contributed by atoms with van der Waals surface area (Å²) in [5.41, 5.74) is 1.49. The van der Waals surface area contributed by atoms with Crippen LogP contribution in [-0.4, -0.2) is 28.6 Å². The number of rotatable bonds is 5. The Kier molecular flexibility index (Phi) is 4.71. The van der Waals surface area contributed by atoms with E-state index in [2.05, 4.69) is 5.32 Å². The van der Waals surface area contributed by atoms with Crippen molar-refractivity contribution in [1.29, 1.82) is 0 Å². The molecule has 1 atom stereocenters. The predicted octanol–water partition coefficient (Wildman–Crippen LogP) is 3.23. The molecule has 23 heavy (non-hydrogen) atoms. The Bertz CT molecular complexity index is 713. The minimum absolute atomic E-state index is 0.177. The van der Waals surface area contributed by atoms with Gasteiger partial charge in [0, 0.05) is 13.1 Å². The van der Waals surface area contributed by atoms with Crippen LogP contribution < -0.4 is 5.32 Å². The lowest BCUT2D eigenvalue weighted by Crippen LogP contribution is -2.42. The molecular formula is C17H22N2O3S. The molecule has 1 N–H and O–H groups in total. The largest absolute Gasteiger partial charge is 0.448 e. The molecular weight excluding hydrogens is 312 g/mol. The molecule has 0 saturated heterocycles. The lowest BCUT2D eigenvalue weighted by molar-refractivity contribution is -0.130. The number of thiophene rings is 1. The second-order valence-corrected chi connectivity index (χ2v) is 7.00. The number of amides is 1. The number of nitrogens with one attached hydrogen (secondary N) is 1. The molecule has 0 unspecified atom stereocenters. The summed E-state index contributed by atoms with van der Waals surface area (Å²) in [7, 11) is 1.84. The van der Waals surface area contributed by atoms with E-state index in [0.29, 0.717) is 12.1 Å². The van der Waals surface area contributed by atoms with Gasteiger partial charge in [-0.25, -0.2) is 4.79 Å².